The lowest BCUT2D eigenvalue weighted by Gasteiger charge is -2.25. The maximum absolute atomic E-state index is 5.47. The molecule has 0 bridgehead atoms. The first kappa shape index (κ1) is 12.0. The summed E-state index contributed by atoms with van der Waals surface area (Å²) in [7, 11) is 0. The maximum Gasteiger partial charge on any atom is -0.00773 e. The molecule has 0 amide bonds. The van der Waals surface area contributed by atoms with Crippen LogP contribution in [0.2, 0.25) is 0 Å². The van der Waals surface area contributed by atoms with E-state index in [1.807, 2.05) is 0 Å². The van der Waals surface area contributed by atoms with Crippen LogP contribution in [0.15, 0.2) is 0 Å². The zero-order valence-electron chi connectivity index (χ0n) is 9.80. The first-order valence-corrected chi connectivity index (χ1v) is 6.53. The molecule has 0 atom stereocenters. The molecular weight excluding hydrogens is 170 g/mol. The van der Waals surface area contributed by atoms with Gasteiger partial charge in [-0.2, -0.15) is 0 Å². The van der Waals surface area contributed by atoms with E-state index in [0.29, 0.717) is 0 Å². The second-order valence-corrected chi connectivity index (χ2v) is 5.12. The summed E-state index contributed by atoms with van der Waals surface area (Å²) in [5.41, 5.74) is 5.47. The van der Waals surface area contributed by atoms with Crippen molar-refractivity contribution in [3.05, 3.63) is 0 Å². The van der Waals surface area contributed by atoms with Crippen LogP contribution in [-0.4, -0.2) is 6.54 Å². The molecule has 14 heavy (non-hydrogen) atoms. The molecule has 1 aliphatic carbocycles. The Morgan fingerprint density at radius 2 is 1.57 bits per heavy atom. The molecule has 1 rings (SSSR count). The summed E-state index contributed by atoms with van der Waals surface area (Å²) >= 11 is 0. The predicted molar refractivity (Wildman–Crippen MR) is 63.3 cm³/mol. The zero-order valence-corrected chi connectivity index (χ0v) is 9.80. The van der Waals surface area contributed by atoms with Gasteiger partial charge in [-0.15, -0.1) is 0 Å². The van der Waals surface area contributed by atoms with Crippen LogP contribution in [0.4, 0.5) is 0 Å². The first-order chi connectivity index (χ1) is 6.83. The minimum Gasteiger partial charge on any atom is -0.330 e. The smallest absolute Gasteiger partial charge is 0.00773 e. The Kier molecular flexibility index (Phi) is 6.25. The highest BCUT2D eigenvalue weighted by molar-refractivity contribution is 4.69. The van der Waals surface area contributed by atoms with Crippen molar-refractivity contribution in [1.29, 1.82) is 0 Å². The topological polar surface area (TPSA) is 26.0 Å². The van der Waals surface area contributed by atoms with E-state index in [-0.39, 0.29) is 0 Å². The van der Waals surface area contributed by atoms with Gasteiger partial charge in [-0.25, -0.2) is 0 Å². The van der Waals surface area contributed by atoms with E-state index >= 15 is 0 Å². The van der Waals surface area contributed by atoms with Gasteiger partial charge in [0.1, 0.15) is 0 Å². The monoisotopic (exact) mass is 197 g/mol. The largest absolute Gasteiger partial charge is 0.330 e. The zero-order chi connectivity index (χ0) is 10.2. The van der Waals surface area contributed by atoms with Crippen molar-refractivity contribution >= 4 is 0 Å². The van der Waals surface area contributed by atoms with Crippen LogP contribution >= 0.6 is 0 Å². The Morgan fingerprint density at radius 3 is 2.21 bits per heavy atom. The van der Waals surface area contributed by atoms with Crippen LogP contribution in [0.3, 0.4) is 0 Å². The van der Waals surface area contributed by atoms with Crippen molar-refractivity contribution < 1.29 is 0 Å². The van der Waals surface area contributed by atoms with Crippen LogP contribution in [0, 0.1) is 11.8 Å². The molecular formula is C13H27N. The predicted octanol–water partition coefficient (Wildman–Crippen LogP) is 3.72. The van der Waals surface area contributed by atoms with E-state index in [1.165, 1.54) is 57.8 Å². The minimum absolute atomic E-state index is 0.876. The van der Waals surface area contributed by atoms with Gasteiger partial charge in [-0.05, 0) is 24.8 Å². The van der Waals surface area contributed by atoms with Crippen molar-refractivity contribution in [3.63, 3.8) is 0 Å². The van der Waals surface area contributed by atoms with Crippen LogP contribution < -0.4 is 5.73 Å². The lowest BCUT2D eigenvalue weighted by molar-refractivity contribution is 0.271. The van der Waals surface area contributed by atoms with Gasteiger partial charge >= 0.3 is 0 Å². The minimum atomic E-state index is 0.876. The summed E-state index contributed by atoms with van der Waals surface area (Å²) < 4.78 is 0. The summed E-state index contributed by atoms with van der Waals surface area (Å²) in [5.74, 6) is 2.06. The fraction of sp³-hybridized carbons (Fsp3) is 1.00. The highest BCUT2D eigenvalue weighted by Gasteiger charge is 2.17. The van der Waals surface area contributed by atoms with Gasteiger partial charge < -0.3 is 5.73 Å². The molecule has 0 radical (unpaired) electrons. The van der Waals surface area contributed by atoms with Crippen molar-refractivity contribution in [2.45, 2.75) is 64.7 Å². The quantitative estimate of drug-likeness (QED) is 0.645. The molecule has 2 N–H and O–H groups in total. The number of hydrogen-bond donors (Lipinski definition) is 1. The van der Waals surface area contributed by atoms with Gasteiger partial charge in [0.15, 0.2) is 0 Å². The third-order valence-corrected chi connectivity index (χ3v) is 3.70. The summed E-state index contributed by atoms with van der Waals surface area (Å²) in [6.07, 6.45) is 12.9. The maximum atomic E-state index is 5.47. The van der Waals surface area contributed by atoms with Crippen molar-refractivity contribution in [1.82, 2.24) is 0 Å². The molecule has 0 aliphatic heterocycles. The van der Waals surface area contributed by atoms with Crippen molar-refractivity contribution in [3.8, 4) is 0 Å². The SMILES string of the molecule is CC1CCC(CCCCCCN)CC1. The fourth-order valence-electron chi connectivity index (χ4n) is 2.55. The fourth-order valence-corrected chi connectivity index (χ4v) is 2.55. The average molecular weight is 197 g/mol. The van der Waals surface area contributed by atoms with Gasteiger partial charge in [0, 0.05) is 0 Å². The number of rotatable bonds is 6. The molecule has 0 saturated heterocycles. The molecule has 84 valence electrons. The number of unbranched alkanes of at least 4 members (excludes halogenated alkanes) is 3. The van der Waals surface area contributed by atoms with Crippen LogP contribution in [0.25, 0.3) is 0 Å². The Bertz CT molecular complexity index is 125. The van der Waals surface area contributed by atoms with E-state index in [4.69, 9.17) is 5.73 Å². The third kappa shape index (κ3) is 4.99. The van der Waals surface area contributed by atoms with E-state index in [1.54, 1.807) is 0 Å². The molecule has 1 fully saturated rings. The summed E-state index contributed by atoms with van der Waals surface area (Å²) in [6, 6.07) is 0. The van der Waals surface area contributed by atoms with Gasteiger partial charge in [0.2, 0.25) is 0 Å². The third-order valence-electron chi connectivity index (χ3n) is 3.70. The number of nitrogens with two attached hydrogens (primary N) is 1. The highest BCUT2D eigenvalue weighted by Crippen LogP contribution is 2.31. The molecule has 1 aliphatic rings. The summed E-state index contributed by atoms with van der Waals surface area (Å²) in [5, 5.41) is 0. The van der Waals surface area contributed by atoms with Crippen molar-refractivity contribution in [2.75, 3.05) is 6.54 Å². The Morgan fingerprint density at radius 1 is 0.929 bits per heavy atom. The lowest BCUT2D eigenvalue weighted by Crippen LogP contribution is -2.12. The second kappa shape index (κ2) is 7.28. The van der Waals surface area contributed by atoms with Gasteiger partial charge in [-0.3, -0.25) is 0 Å². The van der Waals surface area contributed by atoms with Gasteiger partial charge in [0.25, 0.3) is 0 Å². The van der Waals surface area contributed by atoms with Crippen LogP contribution in [-0.2, 0) is 0 Å². The van der Waals surface area contributed by atoms with Gasteiger partial charge in [-0.1, -0.05) is 58.3 Å². The van der Waals surface area contributed by atoms with E-state index < -0.39 is 0 Å². The highest BCUT2D eigenvalue weighted by atomic mass is 14.5. The molecule has 0 spiro atoms. The number of hydrogen-bond acceptors (Lipinski definition) is 1. The van der Waals surface area contributed by atoms with Crippen LogP contribution in [0.5, 0.6) is 0 Å². The molecule has 0 aromatic rings. The van der Waals surface area contributed by atoms with E-state index in [2.05, 4.69) is 6.92 Å². The molecule has 1 heteroatoms. The van der Waals surface area contributed by atoms with E-state index in [0.717, 1.165) is 18.4 Å². The molecule has 0 heterocycles. The first-order valence-electron chi connectivity index (χ1n) is 6.53. The standard InChI is InChI=1S/C13H27N/c1-12-7-9-13(10-8-12)6-4-2-3-5-11-14/h12-13H,2-11,14H2,1H3. The van der Waals surface area contributed by atoms with Crippen LogP contribution in [0.1, 0.15) is 64.7 Å². The Labute approximate surface area is 89.5 Å². The molecule has 0 aromatic heterocycles. The summed E-state index contributed by atoms with van der Waals surface area (Å²) in [6.45, 7) is 3.28. The van der Waals surface area contributed by atoms with Gasteiger partial charge in [0.05, 0.1) is 0 Å². The Balaban J connectivity index is 1.91. The molecule has 0 unspecified atom stereocenters. The molecule has 1 nitrogen and oxygen atoms in total. The lowest BCUT2D eigenvalue weighted by atomic mass is 9.80. The van der Waals surface area contributed by atoms with Crippen molar-refractivity contribution in [2.24, 2.45) is 17.6 Å². The Hall–Kier alpha value is -0.0400. The molecule has 1 saturated carbocycles. The average Bonchev–Trinajstić information content (AvgIpc) is 2.21. The van der Waals surface area contributed by atoms with E-state index in [9.17, 15) is 0 Å². The normalized spacial score (nSPS) is 27.9. The summed E-state index contributed by atoms with van der Waals surface area (Å²) in [4.78, 5) is 0. The molecule has 0 aromatic carbocycles. The second-order valence-electron chi connectivity index (χ2n) is 5.12.